The summed E-state index contributed by atoms with van der Waals surface area (Å²) in [5.74, 6) is 0. The molecule has 0 fully saturated rings. The maximum absolute atomic E-state index is 5.18. The number of aliphatic imine (C=N–C) groups is 1. The predicted octanol–water partition coefficient (Wildman–Crippen LogP) is 2.20. The van der Waals surface area contributed by atoms with E-state index in [1.165, 1.54) is 0 Å². The van der Waals surface area contributed by atoms with Gasteiger partial charge in [0.05, 0.1) is 0 Å². The van der Waals surface area contributed by atoms with Crippen LogP contribution in [0.25, 0.3) is 0 Å². The van der Waals surface area contributed by atoms with Gasteiger partial charge in [-0.15, -0.1) is 11.8 Å². The second-order valence-electron chi connectivity index (χ2n) is 2.45. The van der Waals surface area contributed by atoms with Gasteiger partial charge < -0.3 is 4.74 Å². The maximum atomic E-state index is 5.18. The molecule has 0 spiro atoms. The van der Waals surface area contributed by atoms with Crippen molar-refractivity contribution in [3.63, 3.8) is 0 Å². The molecule has 0 aromatic rings. The summed E-state index contributed by atoms with van der Waals surface area (Å²) in [5.41, 5.74) is 0. The van der Waals surface area contributed by atoms with E-state index in [9.17, 15) is 0 Å². The fourth-order valence-corrected chi connectivity index (χ4v) is 2.84. The highest BCUT2D eigenvalue weighted by atomic mass is 32.2. The van der Waals surface area contributed by atoms with Crippen LogP contribution in [0, 0.1) is 0 Å². The summed E-state index contributed by atoms with van der Waals surface area (Å²) in [6.45, 7) is 2.21. The van der Waals surface area contributed by atoms with Crippen molar-refractivity contribution in [1.82, 2.24) is 0 Å². The molecular formula is C7H13NOS2. The van der Waals surface area contributed by atoms with Crippen LogP contribution in [-0.2, 0) is 4.74 Å². The zero-order chi connectivity index (χ0) is 8.27. The first-order valence-electron chi connectivity index (χ1n) is 3.57. The number of thioether (sulfide) groups is 2. The van der Waals surface area contributed by atoms with Crippen molar-refractivity contribution in [2.24, 2.45) is 4.99 Å². The lowest BCUT2D eigenvalue weighted by atomic mass is 10.3. The Morgan fingerprint density at radius 2 is 2.45 bits per heavy atom. The number of nitrogens with zero attached hydrogens (tertiary/aromatic N) is 1. The van der Waals surface area contributed by atoms with Crippen LogP contribution in [0.2, 0.25) is 0 Å². The molecule has 0 bridgehead atoms. The molecule has 11 heavy (non-hydrogen) atoms. The van der Waals surface area contributed by atoms with Crippen LogP contribution >= 0.6 is 23.5 Å². The first-order chi connectivity index (χ1) is 5.26. The summed E-state index contributed by atoms with van der Waals surface area (Å²) in [4.78, 5) is 4.39. The highest BCUT2D eigenvalue weighted by molar-refractivity contribution is 8.38. The molecule has 1 aliphatic rings. The molecule has 64 valence electrons. The summed E-state index contributed by atoms with van der Waals surface area (Å²) < 4.78 is 6.33. The van der Waals surface area contributed by atoms with Gasteiger partial charge in [0, 0.05) is 18.8 Å². The number of hydrogen-bond donors (Lipinski definition) is 0. The lowest BCUT2D eigenvalue weighted by Gasteiger charge is -2.22. The van der Waals surface area contributed by atoms with E-state index < -0.39 is 0 Å². The molecule has 0 amide bonds. The number of rotatable bonds is 1. The molecule has 0 N–H and O–H groups in total. The Labute approximate surface area is 76.2 Å². The Morgan fingerprint density at radius 1 is 1.73 bits per heavy atom. The van der Waals surface area contributed by atoms with E-state index in [0.29, 0.717) is 5.25 Å². The van der Waals surface area contributed by atoms with Crippen LogP contribution in [0.5, 0.6) is 0 Å². The van der Waals surface area contributed by atoms with E-state index in [4.69, 9.17) is 4.74 Å². The second kappa shape index (κ2) is 4.38. The summed E-state index contributed by atoms with van der Waals surface area (Å²) in [6, 6.07) is 0. The molecule has 0 saturated heterocycles. The maximum Gasteiger partial charge on any atom is 0.150 e. The minimum absolute atomic E-state index is 0.0914. The van der Waals surface area contributed by atoms with Gasteiger partial charge in [0.25, 0.3) is 0 Å². The molecule has 1 rings (SSSR count). The van der Waals surface area contributed by atoms with Crippen LogP contribution in [0.3, 0.4) is 0 Å². The Morgan fingerprint density at radius 3 is 3.00 bits per heavy atom. The van der Waals surface area contributed by atoms with Crippen molar-refractivity contribution in [1.29, 1.82) is 0 Å². The largest absolute Gasteiger partial charge is 0.360 e. The zero-order valence-corrected chi connectivity index (χ0v) is 8.67. The lowest BCUT2D eigenvalue weighted by molar-refractivity contribution is 0.103. The fourth-order valence-electron chi connectivity index (χ4n) is 0.955. The highest BCUT2D eigenvalue weighted by Gasteiger charge is 2.20. The van der Waals surface area contributed by atoms with Crippen LogP contribution in [0.4, 0.5) is 0 Å². The van der Waals surface area contributed by atoms with Gasteiger partial charge in [-0.3, -0.25) is 0 Å². The third kappa shape index (κ3) is 2.69. The van der Waals surface area contributed by atoms with E-state index in [1.54, 1.807) is 18.9 Å². The van der Waals surface area contributed by atoms with Gasteiger partial charge >= 0.3 is 0 Å². The normalized spacial score (nSPS) is 31.7. The zero-order valence-electron chi connectivity index (χ0n) is 7.03. The van der Waals surface area contributed by atoms with Gasteiger partial charge in [-0.25, -0.2) is 4.99 Å². The topological polar surface area (TPSA) is 21.6 Å². The molecule has 0 aromatic carbocycles. The predicted molar refractivity (Wildman–Crippen MR) is 53.4 cm³/mol. The number of hydrogen-bond acceptors (Lipinski definition) is 4. The molecule has 2 atom stereocenters. The van der Waals surface area contributed by atoms with Gasteiger partial charge in [-0.05, 0) is 6.26 Å². The van der Waals surface area contributed by atoms with Crippen molar-refractivity contribution in [3.8, 4) is 0 Å². The Balaban J connectivity index is 2.57. The van der Waals surface area contributed by atoms with E-state index in [2.05, 4.69) is 18.2 Å². The molecule has 4 heteroatoms. The van der Waals surface area contributed by atoms with E-state index in [1.807, 2.05) is 11.8 Å². The van der Waals surface area contributed by atoms with Gasteiger partial charge in [-0.1, -0.05) is 18.7 Å². The summed E-state index contributed by atoms with van der Waals surface area (Å²) in [7, 11) is 1.72. The van der Waals surface area contributed by atoms with Crippen molar-refractivity contribution in [2.75, 3.05) is 13.4 Å². The fraction of sp³-hybridized carbons (Fsp3) is 0.857. The molecule has 0 saturated carbocycles. The standard InChI is InChI=1S/C7H13NOS2/c1-5-4-6(9-2)8-7(10-3)11-5/h5-6H,4H2,1-3H3/t5-,6-/m1/s1. The average Bonchev–Trinajstić information content (AvgIpc) is 2.03. The van der Waals surface area contributed by atoms with E-state index >= 15 is 0 Å². The van der Waals surface area contributed by atoms with Crippen LogP contribution in [0.15, 0.2) is 4.99 Å². The van der Waals surface area contributed by atoms with Crippen molar-refractivity contribution in [2.45, 2.75) is 24.8 Å². The minimum atomic E-state index is 0.0914. The van der Waals surface area contributed by atoms with E-state index in [0.717, 1.165) is 10.8 Å². The molecular weight excluding hydrogens is 178 g/mol. The van der Waals surface area contributed by atoms with Crippen LogP contribution < -0.4 is 0 Å². The summed E-state index contributed by atoms with van der Waals surface area (Å²) >= 11 is 3.54. The summed E-state index contributed by atoms with van der Waals surface area (Å²) in [5, 5.41) is 0.639. The first kappa shape index (κ1) is 9.42. The second-order valence-corrected chi connectivity index (χ2v) is 4.93. The monoisotopic (exact) mass is 191 g/mol. The van der Waals surface area contributed by atoms with Gasteiger partial charge in [0.1, 0.15) is 4.38 Å². The third-order valence-corrected chi connectivity index (χ3v) is 3.68. The average molecular weight is 191 g/mol. The lowest BCUT2D eigenvalue weighted by Crippen LogP contribution is -2.20. The number of methoxy groups -OCH3 is 1. The van der Waals surface area contributed by atoms with Crippen LogP contribution in [-0.4, -0.2) is 29.2 Å². The van der Waals surface area contributed by atoms with Gasteiger partial charge in [0.2, 0.25) is 0 Å². The minimum Gasteiger partial charge on any atom is -0.360 e. The van der Waals surface area contributed by atoms with Crippen molar-refractivity contribution >= 4 is 27.9 Å². The molecule has 1 aliphatic heterocycles. The molecule has 2 nitrogen and oxygen atoms in total. The number of ether oxygens (including phenoxy) is 1. The Hall–Kier alpha value is 0.330. The molecule has 0 radical (unpaired) electrons. The quantitative estimate of drug-likeness (QED) is 0.634. The summed E-state index contributed by atoms with van der Waals surface area (Å²) in [6.07, 6.45) is 3.18. The third-order valence-electron chi connectivity index (χ3n) is 1.53. The van der Waals surface area contributed by atoms with E-state index in [-0.39, 0.29) is 6.23 Å². The molecule has 1 heterocycles. The molecule has 0 unspecified atom stereocenters. The highest BCUT2D eigenvalue weighted by Crippen LogP contribution is 2.29. The van der Waals surface area contributed by atoms with Gasteiger partial charge in [-0.2, -0.15) is 0 Å². The first-order valence-corrected chi connectivity index (χ1v) is 5.68. The SMILES string of the molecule is CO[C@@H]1C[C@@H](C)SC(SC)=N1. The van der Waals surface area contributed by atoms with Gasteiger partial charge in [0.15, 0.2) is 6.23 Å². The van der Waals surface area contributed by atoms with Crippen molar-refractivity contribution < 1.29 is 4.74 Å². The Kier molecular flexibility index (Phi) is 3.75. The van der Waals surface area contributed by atoms with Crippen molar-refractivity contribution in [3.05, 3.63) is 0 Å². The molecule has 0 aromatic heterocycles. The smallest absolute Gasteiger partial charge is 0.150 e. The Bertz CT molecular complexity index is 161. The van der Waals surface area contributed by atoms with Crippen LogP contribution in [0.1, 0.15) is 13.3 Å². The molecule has 0 aliphatic carbocycles.